The molecule has 1 fully saturated rings. The molecule has 0 spiro atoms. The van der Waals surface area contributed by atoms with E-state index in [2.05, 4.69) is 10.2 Å². The van der Waals surface area contributed by atoms with E-state index in [0.29, 0.717) is 36.6 Å². The van der Waals surface area contributed by atoms with Crippen molar-refractivity contribution in [2.75, 3.05) is 23.3 Å². The van der Waals surface area contributed by atoms with Gasteiger partial charge in [-0.15, -0.1) is 0 Å². The lowest BCUT2D eigenvalue weighted by Gasteiger charge is -2.39. The van der Waals surface area contributed by atoms with E-state index in [0.717, 1.165) is 11.8 Å². The fraction of sp³-hybridized carbons (Fsp3) is 0.500. The second-order valence-electron chi connectivity index (χ2n) is 7.96. The quantitative estimate of drug-likeness (QED) is 0.488. The van der Waals surface area contributed by atoms with Gasteiger partial charge in [-0.2, -0.15) is 0 Å². The monoisotopic (exact) mass is 410 g/mol. The van der Waals surface area contributed by atoms with Crippen LogP contribution in [0.15, 0.2) is 30.5 Å². The number of benzene rings is 1. The lowest BCUT2D eigenvalue weighted by Crippen LogP contribution is -2.46. The maximum absolute atomic E-state index is 12.0. The van der Waals surface area contributed by atoms with Crippen molar-refractivity contribution in [1.29, 1.82) is 0 Å². The normalized spacial score (nSPS) is 16.8. The third kappa shape index (κ3) is 6.73. The standard InChI is InChI=1S/C20H27ClN2O5/c1-19(2,3)28-18(26)13-20(27)7-10-23(11-8-20)16-5-4-14(12-15(16)21)22-9-6-17(24)25/h4-6,9,12,22,27H,7-8,10-11,13H2,1-3H3,(H,24,25)/b9-6+. The summed E-state index contributed by atoms with van der Waals surface area (Å²) in [7, 11) is 0. The number of carboxylic acid groups (broad SMARTS) is 1. The Morgan fingerprint density at radius 1 is 1.32 bits per heavy atom. The van der Waals surface area contributed by atoms with Crippen molar-refractivity contribution >= 4 is 34.9 Å². The summed E-state index contributed by atoms with van der Waals surface area (Å²) < 4.78 is 5.31. The molecule has 1 heterocycles. The Labute approximate surface area is 169 Å². The van der Waals surface area contributed by atoms with Crippen LogP contribution in [-0.4, -0.2) is 46.4 Å². The van der Waals surface area contributed by atoms with Gasteiger partial charge in [0.25, 0.3) is 0 Å². The number of carbonyl (C=O) groups excluding carboxylic acids is 1. The summed E-state index contributed by atoms with van der Waals surface area (Å²) in [6.07, 6.45) is 3.17. The van der Waals surface area contributed by atoms with E-state index in [1.807, 2.05) is 6.07 Å². The molecule has 28 heavy (non-hydrogen) atoms. The molecule has 0 unspecified atom stereocenters. The topological polar surface area (TPSA) is 99.1 Å². The number of anilines is 2. The highest BCUT2D eigenvalue weighted by Crippen LogP contribution is 2.34. The third-order valence-electron chi connectivity index (χ3n) is 4.35. The highest BCUT2D eigenvalue weighted by Gasteiger charge is 2.36. The zero-order chi connectivity index (χ0) is 20.9. The van der Waals surface area contributed by atoms with Crippen LogP contribution < -0.4 is 10.2 Å². The minimum Gasteiger partial charge on any atom is -0.478 e. The van der Waals surface area contributed by atoms with Crippen LogP contribution in [0, 0.1) is 0 Å². The molecule has 0 radical (unpaired) electrons. The number of nitrogens with zero attached hydrogens (tertiary/aromatic N) is 1. The Hall–Kier alpha value is -2.25. The van der Waals surface area contributed by atoms with Crippen LogP contribution in [0.25, 0.3) is 0 Å². The predicted molar refractivity (Wildman–Crippen MR) is 109 cm³/mol. The van der Waals surface area contributed by atoms with E-state index in [-0.39, 0.29) is 6.42 Å². The minimum atomic E-state index is -1.07. The van der Waals surface area contributed by atoms with E-state index in [9.17, 15) is 14.7 Å². The fourth-order valence-electron chi connectivity index (χ4n) is 3.05. The van der Waals surface area contributed by atoms with E-state index in [1.54, 1.807) is 32.9 Å². The van der Waals surface area contributed by atoms with Crippen LogP contribution in [0.1, 0.15) is 40.0 Å². The molecular weight excluding hydrogens is 384 g/mol. The largest absolute Gasteiger partial charge is 0.478 e. The Bertz CT molecular complexity index is 749. The number of aliphatic hydroxyl groups is 1. The number of aliphatic carboxylic acids is 1. The number of carbonyl (C=O) groups is 2. The molecule has 1 saturated heterocycles. The van der Waals surface area contributed by atoms with Crippen LogP contribution in [0.5, 0.6) is 0 Å². The maximum atomic E-state index is 12.0. The van der Waals surface area contributed by atoms with Crippen LogP contribution in [0.2, 0.25) is 5.02 Å². The van der Waals surface area contributed by atoms with Crippen LogP contribution in [0.3, 0.4) is 0 Å². The Balaban J connectivity index is 1.95. The van der Waals surface area contributed by atoms with Gasteiger partial charge in [0.15, 0.2) is 0 Å². The predicted octanol–water partition coefficient (Wildman–Crippen LogP) is 3.41. The molecule has 0 saturated carbocycles. The molecule has 0 aliphatic carbocycles. The molecule has 0 atom stereocenters. The molecule has 1 aromatic carbocycles. The van der Waals surface area contributed by atoms with Crippen molar-refractivity contribution < 1.29 is 24.5 Å². The van der Waals surface area contributed by atoms with Gasteiger partial charge in [-0.3, -0.25) is 4.79 Å². The summed E-state index contributed by atoms with van der Waals surface area (Å²) in [5.74, 6) is -1.44. The smallest absolute Gasteiger partial charge is 0.329 e. The lowest BCUT2D eigenvalue weighted by molar-refractivity contribution is -0.161. The highest BCUT2D eigenvalue weighted by atomic mass is 35.5. The van der Waals surface area contributed by atoms with Gasteiger partial charge in [0.05, 0.1) is 22.7 Å². The third-order valence-corrected chi connectivity index (χ3v) is 4.65. The number of rotatable bonds is 6. The number of piperidine rings is 1. The number of carboxylic acids is 1. The molecule has 1 aromatic rings. The number of halogens is 1. The first-order chi connectivity index (χ1) is 13.0. The van der Waals surface area contributed by atoms with Crippen LogP contribution in [0.4, 0.5) is 11.4 Å². The molecule has 154 valence electrons. The molecule has 0 bridgehead atoms. The van der Waals surface area contributed by atoms with Gasteiger partial charge < -0.3 is 25.2 Å². The first kappa shape index (κ1) is 22.0. The Morgan fingerprint density at radius 3 is 2.50 bits per heavy atom. The van der Waals surface area contributed by atoms with Crippen molar-refractivity contribution in [3.63, 3.8) is 0 Å². The van der Waals surface area contributed by atoms with Crippen molar-refractivity contribution in [1.82, 2.24) is 0 Å². The van der Waals surface area contributed by atoms with Gasteiger partial charge in [-0.05, 0) is 51.8 Å². The van der Waals surface area contributed by atoms with Crippen molar-refractivity contribution in [2.45, 2.75) is 51.2 Å². The number of ether oxygens (including phenoxy) is 1. The summed E-state index contributed by atoms with van der Waals surface area (Å²) in [6, 6.07) is 5.36. The lowest BCUT2D eigenvalue weighted by atomic mass is 9.88. The molecule has 3 N–H and O–H groups in total. The molecular formula is C20H27ClN2O5. The maximum Gasteiger partial charge on any atom is 0.329 e. The zero-order valence-corrected chi connectivity index (χ0v) is 17.1. The molecule has 1 aliphatic rings. The van der Waals surface area contributed by atoms with Crippen molar-refractivity contribution in [3.05, 3.63) is 35.5 Å². The average Bonchev–Trinajstić information content (AvgIpc) is 2.53. The summed E-state index contributed by atoms with van der Waals surface area (Å²) in [5, 5.41) is 22.7. The molecule has 8 heteroatoms. The van der Waals surface area contributed by atoms with Crippen LogP contribution in [-0.2, 0) is 14.3 Å². The average molecular weight is 411 g/mol. The summed E-state index contributed by atoms with van der Waals surface area (Å²) >= 11 is 6.37. The number of hydrogen-bond acceptors (Lipinski definition) is 6. The highest BCUT2D eigenvalue weighted by molar-refractivity contribution is 6.33. The van der Waals surface area contributed by atoms with E-state index in [4.69, 9.17) is 21.4 Å². The molecule has 0 amide bonds. The van der Waals surface area contributed by atoms with Gasteiger partial charge in [0.2, 0.25) is 0 Å². The SMILES string of the molecule is CC(C)(C)OC(=O)CC1(O)CCN(c2ccc(N/C=C/C(=O)O)cc2Cl)CC1. The first-order valence-corrected chi connectivity index (χ1v) is 9.50. The van der Waals surface area contributed by atoms with E-state index in [1.165, 1.54) is 6.20 Å². The van der Waals surface area contributed by atoms with Gasteiger partial charge >= 0.3 is 11.9 Å². The van der Waals surface area contributed by atoms with Gasteiger partial charge in [0.1, 0.15) is 5.60 Å². The Morgan fingerprint density at radius 2 is 1.96 bits per heavy atom. The van der Waals surface area contributed by atoms with Gasteiger partial charge in [0, 0.05) is 31.1 Å². The van der Waals surface area contributed by atoms with Gasteiger partial charge in [-0.1, -0.05) is 11.6 Å². The van der Waals surface area contributed by atoms with E-state index >= 15 is 0 Å². The Kier molecular flexibility index (Phi) is 6.96. The second kappa shape index (κ2) is 8.84. The fourth-order valence-corrected chi connectivity index (χ4v) is 3.35. The van der Waals surface area contributed by atoms with Crippen molar-refractivity contribution in [3.8, 4) is 0 Å². The second-order valence-corrected chi connectivity index (χ2v) is 8.36. The van der Waals surface area contributed by atoms with Gasteiger partial charge in [-0.25, -0.2) is 4.79 Å². The van der Waals surface area contributed by atoms with Crippen molar-refractivity contribution in [2.24, 2.45) is 0 Å². The minimum absolute atomic E-state index is 0.0232. The number of nitrogens with one attached hydrogen (secondary N) is 1. The molecule has 0 aromatic heterocycles. The molecule has 2 rings (SSSR count). The van der Waals surface area contributed by atoms with Crippen LogP contribution >= 0.6 is 11.6 Å². The zero-order valence-electron chi connectivity index (χ0n) is 16.4. The molecule has 1 aliphatic heterocycles. The molecule has 7 nitrogen and oxygen atoms in total. The summed E-state index contributed by atoms with van der Waals surface area (Å²) in [6.45, 7) is 6.52. The number of hydrogen-bond donors (Lipinski definition) is 3. The summed E-state index contributed by atoms with van der Waals surface area (Å²) in [4.78, 5) is 24.6. The summed E-state index contributed by atoms with van der Waals surface area (Å²) in [5.41, 5.74) is -0.149. The van der Waals surface area contributed by atoms with E-state index < -0.39 is 23.1 Å². The first-order valence-electron chi connectivity index (χ1n) is 9.12. The number of esters is 1.